The van der Waals surface area contributed by atoms with Gasteiger partial charge in [0, 0.05) is 15.8 Å². The lowest BCUT2D eigenvalue weighted by Gasteiger charge is -2.28. The highest BCUT2D eigenvalue weighted by Crippen LogP contribution is 2.27. The molecule has 1 N–H and O–H groups in total. The van der Waals surface area contributed by atoms with Gasteiger partial charge in [-0.25, -0.2) is 0 Å². The Labute approximate surface area is 127 Å². The predicted octanol–water partition coefficient (Wildman–Crippen LogP) is 4.16. The second-order valence-corrected chi connectivity index (χ2v) is 7.16. The number of thioether (sulfide) groups is 1. The minimum Gasteiger partial charge on any atom is -0.349 e. The summed E-state index contributed by atoms with van der Waals surface area (Å²) in [5.74, 6) is 0.0446. The molecule has 0 spiro atoms. The number of hydrogen-bond donors (Lipinski definition) is 1. The normalized spacial score (nSPS) is 23.1. The molecule has 0 bridgehead atoms. The SMILES string of the molecule is CSC1CCC(NC(=O)c2cc(C)ccc2Br)CC1. The molecule has 0 aromatic heterocycles. The third kappa shape index (κ3) is 3.99. The van der Waals surface area contributed by atoms with E-state index in [-0.39, 0.29) is 5.91 Å². The van der Waals surface area contributed by atoms with Crippen molar-refractivity contribution < 1.29 is 4.79 Å². The molecule has 0 unspecified atom stereocenters. The molecule has 0 heterocycles. The van der Waals surface area contributed by atoms with Crippen LogP contribution in [0, 0.1) is 6.92 Å². The average molecular weight is 342 g/mol. The van der Waals surface area contributed by atoms with Gasteiger partial charge >= 0.3 is 0 Å². The number of carbonyl (C=O) groups is 1. The Bertz CT molecular complexity index is 455. The van der Waals surface area contributed by atoms with E-state index < -0.39 is 0 Å². The van der Waals surface area contributed by atoms with E-state index >= 15 is 0 Å². The number of halogens is 1. The molecule has 1 amide bonds. The summed E-state index contributed by atoms with van der Waals surface area (Å²) in [4.78, 5) is 12.3. The van der Waals surface area contributed by atoms with E-state index in [9.17, 15) is 4.79 Å². The molecular formula is C15H20BrNOS. The van der Waals surface area contributed by atoms with Gasteiger partial charge in [0.25, 0.3) is 5.91 Å². The molecule has 1 saturated carbocycles. The van der Waals surface area contributed by atoms with Gasteiger partial charge in [-0.3, -0.25) is 4.79 Å². The van der Waals surface area contributed by atoms with Crippen molar-refractivity contribution in [3.8, 4) is 0 Å². The average Bonchev–Trinajstić information content (AvgIpc) is 2.42. The number of nitrogens with one attached hydrogen (secondary N) is 1. The molecule has 1 aliphatic carbocycles. The van der Waals surface area contributed by atoms with Crippen molar-refractivity contribution in [2.24, 2.45) is 0 Å². The molecule has 104 valence electrons. The van der Waals surface area contributed by atoms with E-state index in [0.29, 0.717) is 6.04 Å². The Morgan fingerprint density at radius 1 is 1.32 bits per heavy atom. The summed E-state index contributed by atoms with van der Waals surface area (Å²) in [5.41, 5.74) is 1.85. The van der Waals surface area contributed by atoms with Crippen molar-refractivity contribution in [1.29, 1.82) is 0 Å². The summed E-state index contributed by atoms with van der Waals surface area (Å²) in [7, 11) is 0. The van der Waals surface area contributed by atoms with Crippen LogP contribution in [0.4, 0.5) is 0 Å². The van der Waals surface area contributed by atoms with Crippen LogP contribution >= 0.6 is 27.7 Å². The Kier molecular flexibility index (Phi) is 5.34. The van der Waals surface area contributed by atoms with Gasteiger partial charge in [-0.15, -0.1) is 0 Å². The van der Waals surface area contributed by atoms with Crippen molar-refractivity contribution in [3.05, 3.63) is 33.8 Å². The van der Waals surface area contributed by atoms with E-state index in [1.54, 1.807) is 0 Å². The first-order valence-electron chi connectivity index (χ1n) is 6.70. The topological polar surface area (TPSA) is 29.1 Å². The maximum atomic E-state index is 12.3. The van der Waals surface area contributed by atoms with Gasteiger partial charge in [0.15, 0.2) is 0 Å². The molecular weight excluding hydrogens is 322 g/mol. The maximum Gasteiger partial charge on any atom is 0.252 e. The lowest BCUT2D eigenvalue weighted by molar-refractivity contribution is 0.0927. The lowest BCUT2D eigenvalue weighted by Crippen LogP contribution is -2.38. The number of rotatable bonds is 3. The number of benzene rings is 1. The summed E-state index contributed by atoms with van der Waals surface area (Å²) in [5, 5.41) is 3.95. The van der Waals surface area contributed by atoms with Gasteiger partial charge < -0.3 is 5.32 Å². The molecule has 0 saturated heterocycles. The zero-order valence-electron chi connectivity index (χ0n) is 11.4. The second kappa shape index (κ2) is 6.80. The summed E-state index contributed by atoms with van der Waals surface area (Å²) in [6.45, 7) is 2.01. The van der Waals surface area contributed by atoms with Crippen LogP contribution in [-0.2, 0) is 0 Å². The van der Waals surface area contributed by atoms with Crippen molar-refractivity contribution >= 4 is 33.6 Å². The minimum absolute atomic E-state index is 0.0446. The zero-order valence-corrected chi connectivity index (χ0v) is 13.8. The van der Waals surface area contributed by atoms with E-state index in [2.05, 4.69) is 27.5 Å². The second-order valence-electron chi connectivity index (χ2n) is 5.17. The number of aryl methyl sites for hydroxylation is 1. The van der Waals surface area contributed by atoms with E-state index in [1.807, 2.05) is 36.9 Å². The van der Waals surface area contributed by atoms with Gasteiger partial charge in [0.05, 0.1) is 5.56 Å². The third-order valence-electron chi connectivity index (χ3n) is 3.71. The fourth-order valence-electron chi connectivity index (χ4n) is 2.52. The molecule has 2 rings (SSSR count). The van der Waals surface area contributed by atoms with Crippen molar-refractivity contribution in [1.82, 2.24) is 5.32 Å². The monoisotopic (exact) mass is 341 g/mol. The highest BCUT2D eigenvalue weighted by atomic mass is 79.9. The molecule has 4 heteroatoms. The van der Waals surface area contributed by atoms with Gasteiger partial charge in [0.2, 0.25) is 0 Å². The van der Waals surface area contributed by atoms with E-state index in [4.69, 9.17) is 0 Å². The standard InChI is InChI=1S/C15H20BrNOS/c1-10-3-8-14(16)13(9-10)15(18)17-11-4-6-12(19-2)7-5-11/h3,8-9,11-12H,4-7H2,1-2H3,(H,17,18). The molecule has 1 aromatic rings. The molecule has 0 atom stereocenters. The highest BCUT2D eigenvalue weighted by Gasteiger charge is 2.22. The van der Waals surface area contributed by atoms with Crippen LogP contribution in [0.2, 0.25) is 0 Å². The fourth-order valence-corrected chi connectivity index (χ4v) is 3.69. The molecule has 1 fully saturated rings. The third-order valence-corrected chi connectivity index (χ3v) is 5.54. The predicted molar refractivity (Wildman–Crippen MR) is 85.9 cm³/mol. The number of hydrogen-bond acceptors (Lipinski definition) is 2. The van der Waals surface area contributed by atoms with Gasteiger partial charge in [-0.1, -0.05) is 11.6 Å². The fraction of sp³-hybridized carbons (Fsp3) is 0.533. The van der Waals surface area contributed by atoms with Crippen LogP contribution < -0.4 is 5.32 Å². The first kappa shape index (κ1) is 14.9. The van der Waals surface area contributed by atoms with Crippen LogP contribution in [0.15, 0.2) is 22.7 Å². The summed E-state index contributed by atoms with van der Waals surface area (Å²) >= 11 is 5.40. The smallest absolute Gasteiger partial charge is 0.252 e. The number of amides is 1. The first-order valence-corrected chi connectivity index (χ1v) is 8.78. The summed E-state index contributed by atoms with van der Waals surface area (Å²) in [6.07, 6.45) is 6.79. The van der Waals surface area contributed by atoms with Crippen LogP contribution in [-0.4, -0.2) is 23.5 Å². The van der Waals surface area contributed by atoms with E-state index in [1.165, 1.54) is 12.8 Å². The van der Waals surface area contributed by atoms with Crippen LogP contribution in [0.1, 0.15) is 41.6 Å². The zero-order chi connectivity index (χ0) is 13.8. The Morgan fingerprint density at radius 2 is 2.00 bits per heavy atom. The molecule has 1 aromatic carbocycles. The van der Waals surface area contributed by atoms with Gasteiger partial charge in [-0.2, -0.15) is 11.8 Å². The Morgan fingerprint density at radius 3 is 2.63 bits per heavy atom. The lowest BCUT2D eigenvalue weighted by atomic mass is 9.94. The molecule has 1 aliphatic rings. The van der Waals surface area contributed by atoms with Crippen LogP contribution in [0.3, 0.4) is 0 Å². The quantitative estimate of drug-likeness (QED) is 0.894. The molecule has 19 heavy (non-hydrogen) atoms. The Balaban J connectivity index is 1.96. The largest absolute Gasteiger partial charge is 0.349 e. The number of carbonyl (C=O) groups excluding carboxylic acids is 1. The van der Waals surface area contributed by atoms with Crippen LogP contribution in [0.25, 0.3) is 0 Å². The molecule has 0 radical (unpaired) electrons. The highest BCUT2D eigenvalue weighted by molar-refractivity contribution is 9.10. The van der Waals surface area contributed by atoms with E-state index in [0.717, 1.165) is 33.7 Å². The van der Waals surface area contributed by atoms with Crippen molar-refractivity contribution in [2.45, 2.75) is 43.9 Å². The minimum atomic E-state index is 0.0446. The van der Waals surface area contributed by atoms with Gasteiger partial charge in [0.1, 0.15) is 0 Å². The van der Waals surface area contributed by atoms with Gasteiger partial charge in [-0.05, 0) is 66.9 Å². The maximum absolute atomic E-state index is 12.3. The first-order chi connectivity index (χ1) is 9.10. The van der Waals surface area contributed by atoms with Crippen LogP contribution in [0.5, 0.6) is 0 Å². The molecule has 2 nitrogen and oxygen atoms in total. The van der Waals surface area contributed by atoms with Crippen molar-refractivity contribution in [2.75, 3.05) is 6.26 Å². The Hall–Kier alpha value is -0.480. The van der Waals surface area contributed by atoms with Crippen molar-refractivity contribution in [3.63, 3.8) is 0 Å². The molecule has 0 aliphatic heterocycles. The summed E-state index contributed by atoms with van der Waals surface area (Å²) < 4.78 is 0.869. The summed E-state index contributed by atoms with van der Waals surface area (Å²) in [6, 6.07) is 6.22.